The van der Waals surface area contributed by atoms with Crippen LogP contribution in [-0.2, 0) is 4.74 Å². The number of aliphatic hydroxyl groups excluding tert-OH is 1. The highest BCUT2D eigenvalue weighted by molar-refractivity contribution is 7.80. The first-order chi connectivity index (χ1) is 7.79. The Balaban J connectivity index is 1.91. The van der Waals surface area contributed by atoms with Crippen LogP contribution in [0.5, 0.6) is 0 Å². The van der Waals surface area contributed by atoms with E-state index >= 15 is 0 Å². The van der Waals surface area contributed by atoms with Crippen LogP contribution in [0, 0.1) is 5.41 Å². The molecule has 1 saturated heterocycles. The lowest BCUT2D eigenvalue weighted by Crippen LogP contribution is -2.44. The van der Waals surface area contributed by atoms with Gasteiger partial charge in [-0.3, -0.25) is 4.90 Å². The summed E-state index contributed by atoms with van der Waals surface area (Å²) in [5.74, 6) is 0.936. The van der Waals surface area contributed by atoms with Crippen molar-refractivity contribution in [1.29, 1.82) is 0 Å². The first-order valence-electron chi connectivity index (χ1n) is 6.33. The van der Waals surface area contributed by atoms with Gasteiger partial charge in [-0.25, -0.2) is 0 Å². The van der Waals surface area contributed by atoms with E-state index in [2.05, 4.69) is 17.5 Å². The van der Waals surface area contributed by atoms with Crippen molar-refractivity contribution in [2.75, 3.05) is 38.7 Å². The Bertz CT molecular complexity index is 215. The highest BCUT2D eigenvalue weighted by atomic mass is 32.1. The summed E-state index contributed by atoms with van der Waals surface area (Å²) in [6, 6.07) is 0.728. The Morgan fingerprint density at radius 1 is 1.31 bits per heavy atom. The van der Waals surface area contributed by atoms with Crippen LogP contribution in [0.4, 0.5) is 0 Å². The van der Waals surface area contributed by atoms with E-state index in [1.54, 1.807) is 0 Å². The number of nitrogens with zero attached hydrogens (tertiary/aromatic N) is 1. The van der Waals surface area contributed by atoms with Crippen LogP contribution in [0.25, 0.3) is 0 Å². The Hall–Kier alpha value is 0.230. The normalized spacial score (nSPS) is 24.9. The van der Waals surface area contributed by atoms with Gasteiger partial charge in [0.1, 0.15) is 0 Å². The molecule has 2 aliphatic rings. The molecule has 2 rings (SSSR count). The van der Waals surface area contributed by atoms with Gasteiger partial charge in [0.05, 0.1) is 6.61 Å². The number of ether oxygens (including phenoxy) is 1. The van der Waals surface area contributed by atoms with Crippen LogP contribution in [-0.4, -0.2) is 54.7 Å². The molecular formula is C12H23NO2S. The van der Waals surface area contributed by atoms with E-state index in [0.717, 1.165) is 50.9 Å². The maximum Gasteiger partial charge on any atom is 0.0558 e. The van der Waals surface area contributed by atoms with Crippen LogP contribution in [0.1, 0.15) is 25.7 Å². The molecule has 4 heteroatoms. The van der Waals surface area contributed by atoms with Gasteiger partial charge in [0.15, 0.2) is 0 Å². The van der Waals surface area contributed by atoms with Gasteiger partial charge in [-0.1, -0.05) is 0 Å². The zero-order valence-electron chi connectivity index (χ0n) is 9.90. The number of thiol groups is 1. The molecule has 3 nitrogen and oxygen atoms in total. The summed E-state index contributed by atoms with van der Waals surface area (Å²) in [6.45, 7) is 3.93. The molecule has 16 heavy (non-hydrogen) atoms. The quantitative estimate of drug-likeness (QED) is 0.689. The molecular weight excluding hydrogens is 222 g/mol. The second kappa shape index (κ2) is 5.71. The van der Waals surface area contributed by atoms with Crippen molar-refractivity contribution in [2.24, 2.45) is 5.41 Å². The number of aliphatic hydroxyl groups is 1. The Kier molecular flexibility index (Phi) is 4.53. The third kappa shape index (κ3) is 3.13. The molecule has 2 fully saturated rings. The van der Waals surface area contributed by atoms with Gasteiger partial charge < -0.3 is 9.84 Å². The Labute approximate surface area is 104 Å². The van der Waals surface area contributed by atoms with E-state index < -0.39 is 0 Å². The van der Waals surface area contributed by atoms with Crippen LogP contribution < -0.4 is 0 Å². The predicted octanol–water partition coefficient (Wildman–Crippen LogP) is 1.17. The van der Waals surface area contributed by atoms with E-state index in [1.165, 1.54) is 12.8 Å². The van der Waals surface area contributed by atoms with E-state index in [1.807, 2.05) is 0 Å². The molecule has 1 aliphatic heterocycles. The Morgan fingerprint density at radius 3 is 2.50 bits per heavy atom. The Morgan fingerprint density at radius 2 is 2.00 bits per heavy atom. The van der Waals surface area contributed by atoms with Crippen molar-refractivity contribution in [3.05, 3.63) is 0 Å². The minimum Gasteiger partial charge on any atom is -0.395 e. The molecule has 94 valence electrons. The summed E-state index contributed by atoms with van der Waals surface area (Å²) >= 11 is 4.54. The van der Waals surface area contributed by atoms with Crippen molar-refractivity contribution in [3.8, 4) is 0 Å². The fourth-order valence-corrected chi connectivity index (χ4v) is 2.98. The fourth-order valence-electron chi connectivity index (χ4n) is 2.56. The molecule has 1 heterocycles. The molecule has 0 amide bonds. The number of rotatable bonds is 6. The molecule has 0 unspecified atom stereocenters. The first kappa shape index (κ1) is 12.7. The molecule has 1 aliphatic carbocycles. The lowest BCUT2D eigenvalue weighted by Gasteiger charge is -2.40. The topological polar surface area (TPSA) is 32.7 Å². The lowest BCUT2D eigenvalue weighted by atomic mass is 9.81. The molecule has 0 aromatic heterocycles. The molecule has 1 saturated carbocycles. The highest BCUT2D eigenvalue weighted by Crippen LogP contribution is 2.36. The largest absolute Gasteiger partial charge is 0.395 e. The van der Waals surface area contributed by atoms with Crippen molar-refractivity contribution in [2.45, 2.75) is 31.7 Å². The van der Waals surface area contributed by atoms with Crippen molar-refractivity contribution in [1.82, 2.24) is 4.90 Å². The van der Waals surface area contributed by atoms with E-state index in [9.17, 15) is 0 Å². The van der Waals surface area contributed by atoms with Gasteiger partial charge in [-0.15, -0.1) is 0 Å². The molecule has 0 bridgehead atoms. The molecule has 0 spiro atoms. The summed E-state index contributed by atoms with van der Waals surface area (Å²) in [7, 11) is 0. The third-order valence-corrected chi connectivity index (χ3v) is 4.55. The predicted molar refractivity (Wildman–Crippen MR) is 68.0 cm³/mol. The second-order valence-electron chi connectivity index (χ2n) is 5.20. The van der Waals surface area contributed by atoms with Gasteiger partial charge in [0.2, 0.25) is 0 Å². The zero-order valence-corrected chi connectivity index (χ0v) is 10.8. The van der Waals surface area contributed by atoms with Gasteiger partial charge >= 0.3 is 0 Å². The smallest absolute Gasteiger partial charge is 0.0558 e. The number of hydrogen-bond donors (Lipinski definition) is 2. The van der Waals surface area contributed by atoms with Gasteiger partial charge in [-0.05, 0) is 36.9 Å². The molecule has 1 N–H and O–H groups in total. The summed E-state index contributed by atoms with van der Waals surface area (Å²) in [6.07, 6.45) is 4.84. The van der Waals surface area contributed by atoms with Crippen LogP contribution in [0.2, 0.25) is 0 Å². The van der Waals surface area contributed by atoms with E-state index in [0.29, 0.717) is 5.41 Å². The first-order valence-corrected chi connectivity index (χ1v) is 6.96. The van der Waals surface area contributed by atoms with E-state index in [-0.39, 0.29) is 6.61 Å². The average Bonchev–Trinajstić information content (AvgIpc) is 3.14. The maximum absolute atomic E-state index is 9.11. The summed E-state index contributed by atoms with van der Waals surface area (Å²) < 4.78 is 5.44. The highest BCUT2D eigenvalue weighted by Gasteiger charge is 2.37. The zero-order chi connectivity index (χ0) is 11.4. The minimum atomic E-state index is 0.273. The standard InChI is InChI=1S/C12H23NO2S/c14-6-5-13(11-1-2-11)9-12(10-16)3-7-15-8-4-12/h11,14,16H,1-10H2. The lowest BCUT2D eigenvalue weighted by molar-refractivity contribution is 0.00390. The average molecular weight is 245 g/mol. The third-order valence-electron chi connectivity index (χ3n) is 3.88. The summed E-state index contributed by atoms with van der Waals surface area (Å²) in [5.41, 5.74) is 0.319. The van der Waals surface area contributed by atoms with Gasteiger partial charge in [0.25, 0.3) is 0 Å². The molecule has 0 radical (unpaired) electrons. The number of hydrogen-bond acceptors (Lipinski definition) is 4. The van der Waals surface area contributed by atoms with Crippen LogP contribution in [0.15, 0.2) is 0 Å². The summed E-state index contributed by atoms with van der Waals surface area (Å²) in [5, 5.41) is 9.11. The minimum absolute atomic E-state index is 0.273. The second-order valence-corrected chi connectivity index (χ2v) is 5.51. The summed E-state index contributed by atoms with van der Waals surface area (Å²) in [4.78, 5) is 2.46. The monoisotopic (exact) mass is 245 g/mol. The van der Waals surface area contributed by atoms with Gasteiger partial charge in [-0.2, -0.15) is 12.6 Å². The maximum atomic E-state index is 9.11. The van der Waals surface area contributed by atoms with E-state index in [4.69, 9.17) is 9.84 Å². The molecule has 0 atom stereocenters. The van der Waals surface area contributed by atoms with Gasteiger partial charge in [0, 0.05) is 32.3 Å². The van der Waals surface area contributed by atoms with Crippen molar-refractivity contribution in [3.63, 3.8) is 0 Å². The molecule has 0 aromatic carbocycles. The van der Waals surface area contributed by atoms with Crippen LogP contribution in [0.3, 0.4) is 0 Å². The fraction of sp³-hybridized carbons (Fsp3) is 1.00. The van der Waals surface area contributed by atoms with Crippen molar-refractivity contribution >= 4 is 12.6 Å². The SMILES string of the molecule is OCCN(CC1(CS)CCOCC1)C1CC1. The van der Waals surface area contributed by atoms with Crippen LogP contribution >= 0.6 is 12.6 Å². The molecule has 0 aromatic rings. The van der Waals surface area contributed by atoms with Crippen molar-refractivity contribution < 1.29 is 9.84 Å².